The van der Waals surface area contributed by atoms with Crippen LogP contribution in [0.25, 0.3) is 5.69 Å². The highest BCUT2D eigenvalue weighted by Crippen LogP contribution is 2.19. The topological polar surface area (TPSA) is 70.5 Å². The van der Waals surface area contributed by atoms with E-state index in [0.717, 1.165) is 5.69 Å². The Morgan fingerprint density at radius 2 is 1.74 bits per heavy atom. The van der Waals surface area contributed by atoms with Crippen LogP contribution in [0.2, 0.25) is 0 Å². The molecule has 120 valence electrons. The molecule has 1 saturated heterocycles. The maximum atomic E-state index is 12.4. The maximum Gasteiger partial charge on any atom is 0.322 e. The van der Waals surface area contributed by atoms with Crippen LogP contribution in [0.3, 0.4) is 0 Å². The van der Waals surface area contributed by atoms with Gasteiger partial charge in [-0.1, -0.05) is 12.1 Å². The van der Waals surface area contributed by atoms with Crippen molar-refractivity contribution >= 4 is 17.6 Å². The smallest absolute Gasteiger partial charge is 0.322 e. The monoisotopic (exact) mass is 313 g/mol. The third kappa shape index (κ3) is 3.33. The number of hydrogen-bond donors (Lipinski definition) is 1. The van der Waals surface area contributed by atoms with Gasteiger partial charge in [0, 0.05) is 45.5 Å². The normalized spacial score (nSPS) is 14.7. The highest BCUT2D eigenvalue weighted by Gasteiger charge is 2.22. The Morgan fingerprint density at radius 1 is 1.04 bits per heavy atom. The van der Waals surface area contributed by atoms with Crippen molar-refractivity contribution in [1.29, 1.82) is 0 Å². The summed E-state index contributed by atoms with van der Waals surface area (Å²) in [7, 11) is 0. The molecule has 7 heteroatoms. The summed E-state index contributed by atoms with van der Waals surface area (Å²) in [6, 6.07) is 9.19. The van der Waals surface area contributed by atoms with Crippen molar-refractivity contribution in [1.82, 2.24) is 19.6 Å². The molecule has 1 aromatic heterocycles. The Labute approximate surface area is 134 Å². The van der Waals surface area contributed by atoms with Crippen molar-refractivity contribution in [3.63, 3.8) is 0 Å². The lowest BCUT2D eigenvalue weighted by Crippen LogP contribution is -2.51. The standard InChI is InChI=1S/C16H19N5O2/c1-13(22)19-9-11-20(12-10-19)16(23)18-14-5-2-3-6-15(14)21-8-4-7-17-21/h2-8H,9-12H2,1H3,(H,18,23). The fraction of sp³-hybridized carbons (Fsp3) is 0.312. The van der Waals surface area contributed by atoms with Crippen LogP contribution in [0.4, 0.5) is 10.5 Å². The molecule has 0 unspecified atom stereocenters. The Balaban J connectivity index is 1.69. The van der Waals surface area contributed by atoms with Crippen LogP contribution in [0.1, 0.15) is 6.92 Å². The minimum absolute atomic E-state index is 0.0501. The number of hydrogen-bond acceptors (Lipinski definition) is 3. The second-order valence-corrected chi connectivity index (χ2v) is 5.39. The fourth-order valence-corrected chi connectivity index (χ4v) is 2.61. The summed E-state index contributed by atoms with van der Waals surface area (Å²) in [4.78, 5) is 27.3. The molecule has 1 aromatic carbocycles. The van der Waals surface area contributed by atoms with Gasteiger partial charge in [-0.2, -0.15) is 5.10 Å². The van der Waals surface area contributed by atoms with Crippen LogP contribution in [-0.2, 0) is 4.79 Å². The molecular weight excluding hydrogens is 294 g/mol. The van der Waals surface area contributed by atoms with Crippen molar-refractivity contribution in [2.45, 2.75) is 6.92 Å². The molecule has 0 atom stereocenters. The molecule has 3 rings (SSSR count). The van der Waals surface area contributed by atoms with Crippen LogP contribution in [0, 0.1) is 0 Å². The zero-order chi connectivity index (χ0) is 16.2. The van der Waals surface area contributed by atoms with E-state index in [1.807, 2.05) is 36.5 Å². The van der Waals surface area contributed by atoms with E-state index in [1.54, 1.807) is 27.6 Å². The highest BCUT2D eigenvalue weighted by molar-refractivity contribution is 5.91. The van der Waals surface area contributed by atoms with Crippen LogP contribution in [0.5, 0.6) is 0 Å². The van der Waals surface area contributed by atoms with Gasteiger partial charge < -0.3 is 15.1 Å². The Hall–Kier alpha value is -2.83. The number of carbonyl (C=O) groups excluding carboxylic acids is 2. The van der Waals surface area contributed by atoms with Gasteiger partial charge in [0.25, 0.3) is 0 Å². The minimum atomic E-state index is -0.159. The molecule has 0 spiro atoms. The van der Waals surface area contributed by atoms with Crippen LogP contribution in [-0.4, -0.2) is 57.7 Å². The maximum absolute atomic E-state index is 12.4. The molecule has 1 aliphatic rings. The first-order chi connectivity index (χ1) is 11.1. The van der Waals surface area contributed by atoms with E-state index in [2.05, 4.69) is 10.4 Å². The predicted octanol–water partition coefficient (Wildman–Crippen LogP) is 1.57. The number of rotatable bonds is 2. The summed E-state index contributed by atoms with van der Waals surface area (Å²) < 4.78 is 1.71. The molecule has 1 N–H and O–H groups in total. The van der Waals surface area contributed by atoms with Crippen molar-refractivity contribution in [3.05, 3.63) is 42.7 Å². The van der Waals surface area contributed by atoms with Crippen molar-refractivity contribution in [3.8, 4) is 5.69 Å². The zero-order valence-electron chi connectivity index (χ0n) is 13.0. The van der Waals surface area contributed by atoms with Gasteiger partial charge in [0.2, 0.25) is 5.91 Å². The third-order valence-electron chi connectivity index (χ3n) is 3.91. The number of piperazine rings is 1. The lowest BCUT2D eigenvalue weighted by atomic mass is 10.2. The van der Waals surface area contributed by atoms with E-state index in [-0.39, 0.29) is 11.9 Å². The summed E-state index contributed by atoms with van der Waals surface area (Å²) in [5.41, 5.74) is 1.52. The summed E-state index contributed by atoms with van der Waals surface area (Å²) >= 11 is 0. The van der Waals surface area contributed by atoms with E-state index in [1.165, 1.54) is 0 Å². The second-order valence-electron chi connectivity index (χ2n) is 5.39. The summed E-state index contributed by atoms with van der Waals surface area (Å²) in [5, 5.41) is 7.14. The number of nitrogens with one attached hydrogen (secondary N) is 1. The quantitative estimate of drug-likeness (QED) is 0.915. The third-order valence-corrected chi connectivity index (χ3v) is 3.91. The number of benzene rings is 1. The fourth-order valence-electron chi connectivity index (χ4n) is 2.61. The van der Waals surface area contributed by atoms with E-state index in [0.29, 0.717) is 31.9 Å². The number of anilines is 1. The lowest BCUT2D eigenvalue weighted by molar-refractivity contribution is -0.130. The molecule has 7 nitrogen and oxygen atoms in total. The first-order valence-electron chi connectivity index (χ1n) is 7.55. The Morgan fingerprint density at radius 3 is 2.39 bits per heavy atom. The number of aromatic nitrogens is 2. The zero-order valence-corrected chi connectivity index (χ0v) is 13.0. The van der Waals surface area contributed by atoms with Crippen molar-refractivity contribution in [2.24, 2.45) is 0 Å². The van der Waals surface area contributed by atoms with Gasteiger partial charge >= 0.3 is 6.03 Å². The van der Waals surface area contributed by atoms with Gasteiger partial charge in [0.1, 0.15) is 0 Å². The number of para-hydroxylation sites is 2. The molecular formula is C16H19N5O2. The Bertz CT molecular complexity index is 690. The molecule has 1 fully saturated rings. The van der Waals surface area contributed by atoms with E-state index in [4.69, 9.17) is 0 Å². The molecule has 2 aromatic rings. The summed E-state index contributed by atoms with van der Waals surface area (Å²) in [6.07, 6.45) is 3.52. The van der Waals surface area contributed by atoms with Gasteiger partial charge in [-0.25, -0.2) is 9.48 Å². The van der Waals surface area contributed by atoms with Crippen molar-refractivity contribution < 1.29 is 9.59 Å². The lowest BCUT2D eigenvalue weighted by Gasteiger charge is -2.34. The van der Waals surface area contributed by atoms with Gasteiger partial charge in [-0.05, 0) is 18.2 Å². The summed E-state index contributed by atoms with van der Waals surface area (Å²) in [6.45, 7) is 3.77. The molecule has 3 amide bonds. The van der Waals surface area contributed by atoms with Crippen molar-refractivity contribution in [2.75, 3.05) is 31.5 Å². The molecule has 0 bridgehead atoms. The van der Waals surface area contributed by atoms with Gasteiger partial charge in [-0.3, -0.25) is 4.79 Å². The minimum Gasteiger partial charge on any atom is -0.339 e. The van der Waals surface area contributed by atoms with Crippen LogP contribution >= 0.6 is 0 Å². The SMILES string of the molecule is CC(=O)N1CCN(C(=O)Nc2ccccc2-n2cccn2)CC1. The first-order valence-corrected chi connectivity index (χ1v) is 7.55. The summed E-state index contributed by atoms with van der Waals surface area (Å²) in [5.74, 6) is 0.0501. The number of urea groups is 1. The molecule has 2 heterocycles. The van der Waals surface area contributed by atoms with Gasteiger partial charge in [0.15, 0.2) is 0 Å². The Kier molecular flexibility index (Phi) is 4.27. The average molecular weight is 313 g/mol. The average Bonchev–Trinajstić information content (AvgIpc) is 3.09. The largest absolute Gasteiger partial charge is 0.339 e. The van der Waals surface area contributed by atoms with Gasteiger partial charge in [-0.15, -0.1) is 0 Å². The molecule has 23 heavy (non-hydrogen) atoms. The molecule has 0 saturated carbocycles. The van der Waals surface area contributed by atoms with E-state index >= 15 is 0 Å². The number of carbonyl (C=O) groups is 2. The van der Waals surface area contributed by atoms with E-state index in [9.17, 15) is 9.59 Å². The van der Waals surface area contributed by atoms with E-state index < -0.39 is 0 Å². The second kappa shape index (κ2) is 6.51. The number of nitrogens with zero attached hydrogens (tertiary/aromatic N) is 4. The number of amides is 3. The highest BCUT2D eigenvalue weighted by atomic mass is 16.2. The first kappa shape index (κ1) is 15.1. The van der Waals surface area contributed by atoms with Crippen LogP contribution < -0.4 is 5.32 Å². The molecule has 1 aliphatic heterocycles. The molecule has 0 radical (unpaired) electrons. The van der Waals surface area contributed by atoms with Gasteiger partial charge in [0.05, 0.1) is 11.4 Å². The molecule has 0 aliphatic carbocycles. The van der Waals surface area contributed by atoms with Crippen LogP contribution in [0.15, 0.2) is 42.7 Å². The predicted molar refractivity (Wildman–Crippen MR) is 86.4 cm³/mol.